The molecule has 1 unspecified atom stereocenters. The highest BCUT2D eigenvalue weighted by Gasteiger charge is 2.49. The number of hydrogen-bond acceptors (Lipinski definition) is 5. The van der Waals surface area contributed by atoms with Crippen LogP contribution in [-0.2, 0) is 4.74 Å². The van der Waals surface area contributed by atoms with Crippen molar-refractivity contribution in [1.29, 1.82) is 0 Å². The van der Waals surface area contributed by atoms with Crippen molar-refractivity contribution < 1.29 is 14.6 Å². The van der Waals surface area contributed by atoms with Crippen LogP contribution in [0.3, 0.4) is 0 Å². The summed E-state index contributed by atoms with van der Waals surface area (Å²) < 4.78 is 6.23. The first kappa shape index (κ1) is 17.9. The van der Waals surface area contributed by atoms with E-state index in [2.05, 4.69) is 41.6 Å². The number of nitrogens with two attached hydrogens (primary N) is 2. The minimum atomic E-state index is -0.801. The lowest BCUT2D eigenvalue weighted by Crippen LogP contribution is -2.49. The van der Waals surface area contributed by atoms with Crippen LogP contribution in [0.1, 0.15) is 27.2 Å². The average Bonchev–Trinajstić information content (AvgIpc) is 2.78. The normalized spacial score (nSPS) is 24.7. The van der Waals surface area contributed by atoms with Crippen LogP contribution in [0.2, 0.25) is 0 Å². The van der Waals surface area contributed by atoms with Gasteiger partial charge in [0.2, 0.25) is 0 Å². The van der Waals surface area contributed by atoms with Crippen molar-refractivity contribution in [2.75, 3.05) is 17.2 Å². The lowest BCUT2D eigenvalue weighted by atomic mass is 9.83. The SMILES string of the molecule is CC(C)(C)C1[C@@H](OC(N)=O)C[C@@H](CO)N1c1cc(Br)ccc1N. The smallest absolute Gasteiger partial charge is 0.404 e. The van der Waals surface area contributed by atoms with Gasteiger partial charge in [-0.25, -0.2) is 4.79 Å². The second kappa shape index (κ2) is 6.57. The first-order chi connectivity index (χ1) is 10.6. The topological polar surface area (TPSA) is 102 Å². The minimum absolute atomic E-state index is 0.0584. The molecule has 0 radical (unpaired) electrons. The molecule has 0 aliphatic carbocycles. The monoisotopic (exact) mass is 385 g/mol. The number of primary amides is 1. The third-order valence-corrected chi connectivity index (χ3v) is 4.68. The molecule has 1 amide bonds. The summed E-state index contributed by atoms with van der Waals surface area (Å²) >= 11 is 3.46. The maximum absolute atomic E-state index is 11.3. The van der Waals surface area contributed by atoms with E-state index in [0.29, 0.717) is 12.1 Å². The number of hydrogen-bond donors (Lipinski definition) is 3. The fourth-order valence-corrected chi connectivity index (χ4v) is 3.75. The van der Waals surface area contributed by atoms with Gasteiger partial charge in [-0.2, -0.15) is 0 Å². The van der Waals surface area contributed by atoms with Gasteiger partial charge in [-0.05, 0) is 23.6 Å². The number of aliphatic hydroxyl groups excluding tert-OH is 1. The van der Waals surface area contributed by atoms with Crippen molar-refractivity contribution in [1.82, 2.24) is 0 Å². The molecule has 0 spiro atoms. The van der Waals surface area contributed by atoms with Gasteiger partial charge in [-0.3, -0.25) is 0 Å². The number of rotatable bonds is 3. The molecule has 1 aromatic rings. The molecule has 3 atom stereocenters. The number of anilines is 2. The number of carbonyl (C=O) groups excluding carboxylic acids is 1. The highest BCUT2D eigenvalue weighted by atomic mass is 79.9. The first-order valence-corrected chi connectivity index (χ1v) is 8.34. The van der Waals surface area contributed by atoms with Crippen molar-refractivity contribution in [2.24, 2.45) is 11.1 Å². The maximum Gasteiger partial charge on any atom is 0.404 e. The van der Waals surface area contributed by atoms with Gasteiger partial charge in [0, 0.05) is 10.9 Å². The van der Waals surface area contributed by atoms with E-state index in [1.807, 2.05) is 18.2 Å². The summed E-state index contributed by atoms with van der Waals surface area (Å²) in [5, 5.41) is 9.83. The second-order valence-electron chi connectivity index (χ2n) is 6.97. The Hall–Kier alpha value is -1.47. The molecule has 7 heteroatoms. The fourth-order valence-electron chi connectivity index (χ4n) is 3.40. The molecule has 5 N–H and O–H groups in total. The minimum Gasteiger partial charge on any atom is -0.444 e. The van der Waals surface area contributed by atoms with Crippen LogP contribution in [0.5, 0.6) is 0 Å². The average molecular weight is 386 g/mol. The van der Waals surface area contributed by atoms with Gasteiger partial charge in [-0.1, -0.05) is 36.7 Å². The summed E-state index contributed by atoms with van der Waals surface area (Å²) in [7, 11) is 0. The molecular formula is C16H24BrN3O3. The van der Waals surface area contributed by atoms with Gasteiger partial charge in [0.1, 0.15) is 6.10 Å². The largest absolute Gasteiger partial charge is 0.444 e. The fraction of sp³-hybridized carbons (Fsp3) is 0.562. The Balaban J connectivity index is 2.51. The van der Waals surface area contributed by atoms with Crippen molar-refractivity contribution >= 4 is 33.4 Å². The van der Waals surface area contributed by atoms with Gasteiger partial charge in [0.05, 0.1) is 30.1 Å². The highest BCUT2D eigenvalue weighted by molar-refractivity contribution is 9.10. The summed E-state index contributed by atoms with van der Waals surface area (Å²) in [4.78, 5) is 13.3. The summed E-state index contributed by atoms with van der Waals surface area (Å²) in [6, 6.07) is 5.26. The van der Waals surface area contributed by atoms with E-state index in [1.54, 1.807) is 0 Å². The van der Waals surface area contributed by atoms with Gasteiger partial charge in [0.15, 0.2) is 0 Å². The highest BCUT2D eigenvalue weighted by Crippen LogP contribution is 2.43. The predicted octanol–water partition coefficient (Wildman–Crippen LogP) is 2.48. The lowest BCUT2D eigenvalue weighted by Gasteiger charge is -2.41. The number of amides is 1. The molecule has 128 valence electrons. The van der Waals surface area contributed by atoms with Crippen LogP contribution >= 0.6 is 15.9 Å². The molecule has 1 fully saturated rings. The van der Waals surface area contributed by atoms with E-state index in [4.69, 9.17) is 16.2 Å². The Kier molecular flexibility index (Phi) is 5.10. The molecule has 0 bridgehead atoms. The van der Waals surface area contributed by atoms with Crippen LogP contribution in [0.15, 0.2) is 22.7 Å². The maximum atomic E-state index is 11.3. The van der Waals surface area contributed by atoms with E-state index < -0.39 is 12.2 Å². The molecule has 1 aliphatic rings. The number of aliphatic hydroxyl groups is 1. The Morgan fingerprint density at radius 2 is 2.13 bits per heavy atom. The summed E-state index contributed by atoms with van der Waals surface area (Å²) in [6.45, 7) is 6.14. The zero-order valence-corrected chi connectivity index (χ0v) is 15.2. The molecule has 1 aliphatic heterocycles. The summed E-state index contributed by atoms with van der Waals surface area (Å²) in [5.74, 6) is 0. The van der Waals surface area contributed by atoms with Crippen molar-refractivity contribution in [3.8, 4) is 0 Å². The van der Waals surface area contributed by atoms with Crippen LogP contribution in [0.4, 0.5) is 16.2 Å². The quantitative estimate of drug-likeness (QED) is 0.693. The van der Waals surface area contributed by atoms with Gasteiger partial charge in [-0.15, -0.1) is 0 Å². The zero-order chi connectivity index (χ0) is 17.4. The van der Waals surface area contributed by atoms with E-state index in [-0.39, 0.29) is 24.1 Å². The number of benzene rings is 1. The second-order valence-corrected chi connectivity index (χ2v) is 7.88. The number of nitrogen functional groups attached to an aromatic ring is 1. The number of halogens is 1. The van der Waals surface area contributed by atoms with Crippen molar-refractivity contribution in [3.05, 3.63) is 22.7 Å². The number of carbonyl (C=O) groups is 1. The number of nitrogens with zero attached hydrogens (tertiary/aromatic N) is 1. The van der Waals surface area contributed by atoms with Crippen LogP contribution in [-0.4, -0.2) is 36.0 Å². The van der Waals surface area contributed by atoms with Crippen molar-refractivity contribution in [2.45, 2.75) is 45.4 Å². The summed E-state index contributed by atoms with van der Waals surface area (Å²) in [5.41, 5.74) is 12.6. The molecule has 0 saturated carbocycles. The molecule has 1 saturated heterocycles. The van der Waals surface area contributed by atoms with Gasteiger partial charge in [0.25, 0.3) is 0 Å². The lowest BCUT2D eigenvalue weighted by molar-refractivity contribution is 0.0745. The van der Waals surface area contributed by atoms with E-state index >= 15 is 0 Å². The molecule has 1 aromatic carbocycles. The van der Waals surface area contributed by atoms with Crippen LogP contribution in [0.25, 0.3) is 0 Å². The van der Waals surface area contributed by atoms with E-state index in [1.165, 1.54) is 0 Å². The Labute approximate surface area is 144 Å². The molecule has 0 aromatic heterocycles. The Morgan fingerprint density at radius 1 is 1.48 bits per heavy atom. The number of ether oxygens (including phenoxy) is 1. The first-order valence-electron chi connectivity index (χ1n) is 7.55. The molecule has 2 rings (SSSR count). The molecule has 1 heterocycles. The molecule has 23 heavy (non-hydrogen) atoms. The van der Waals surface area contributed by atoms with Gasteiger partial charge < -0.3 is 26.2 Å². The van der Waals surface area contributed by atoms with Crippen LogP contribution < -0.4 is 16.4 Å². The van der Waals surface area contributed by atoms with Gasteiger partial charge >= 0.3 is 6.09 Å². The third-order valence-electron chi connectivity index (χ3n) is 4.19. The van der Waals surface area contributed by atoms with Crippen LogP contribution in [0, 0.1) is 5.41 Å². The summed E-state index contributed by atoms with van der Waals surface area (Å²) in [6.07, 6.45) is -0.694. The Morgan fingerprint density at radius 3 is 2.65 bits per heavy atom. The predicted molar refractivity (Wildman–Crippen MR) is 94.2 cm³/mol. The van der Waals surface area contributed by atoms with E-state index in [0.717, 1.165) is 10.2 Å². The standard InChI is InChI=1S/C16H24BrN3O3/c1-16(2,3)14-13(23-15(19)22)7-10(8-21)20(14)12-6-9(17)4-5-11(12)18/h4-6,10,13-14,21H,7-8,18H2,1-3H3,(H2,19,22)/t10-,13-,14?/m0/s1. The molecule has 6 nitrogen and oxygen atoms in total. The third kappa shape index (κ3) is 3.72. The molecular weight excluding hydrogens is 362 g/mol. The Bertz CT molecular complexity index is 588. The zero-order valence-electron chi connectivity index (χ0n) is 13.6. The van der Waals surface area contributed by atoms with E-state index in [9.17, 15) is 9.90 Å². The van der Waals surface area contributed by atoms with Crippen molar-refractivity contribution in [3.63, 3.8) is 0 Å².